The molecule has 0 saturated carbocycles. The van der Waals surface area contributed by atoms with Gasteiger partial charge < -0.3 is 15.0 Å². The van der Waals surface area contributed by atoms with Crippen LogP contribution in [0.4, 0.5) is 21.5 Å². The number of nitro benzene ring substituents is 1. The van der Waals surface area contributed by atoms with Gasteiger partial charge in [-0.05, 0) is 30.3 Å². The predicted octanol–water partition coefficient (Wildman–Crippen LogP) is 3.25. The fraction of sp³-hybridized carbons (Fsp3) is 0.176. The van der Waals surface area contributed by atoms with Gasteiger partial charge in [-0.25, -0.2) is 9.18 Å². The Morgan fingerprint density at radius 2 is 1.96 bits per heavy atom. The van der Waals surface area contributed by atoms with Gasteiger partial charge in [0.25, 0.3) is 11.6 Å². The summed E-state index contributed by atoms with van der Waals surface area (Å²) in [4.78, 5) is 35.9. The van der Waals surface area contributed by atoms with Crippen LogP contribution in [-0.4, -0.2) is 37.5 Å². The van der Waals surface area contributed by atoms with Crippen molar-refractivity contribution in [2.75, 3.05) is 30.9 Å². The molecule has 1 N–H and O–H groups in total. The van der Waals surface area contributed by atoms with Crippen molar-refractivity contribution in [3.63, 3.8) is 0 Å². The van der Waals surface area contributed by atoms with E-state index in [1.54, 1.807) is 14.1 Å². The van der Waals surface area contributed by atoms with Crippen LogP contribution in [0.15, 0.2) is 36.4 Å². The first-order valence-corrected chi connectivity index (χ1v) is 7.94. The normalized spacial score (nSPS) is 10.2. The summed E-state index contributed by atoms with van der Waals surface area (Å²) in [6.07, 6.45) is 0. The Morgan fingerprint density at radius 1 is 1.26 bits per heavy atom. The fourth-order valence-corrected chi connectivity index (χ4v) is 2.33. The summed E-state index contributed by atoms with van der Waals surface area (Å²) >= 11 is 5.62. The summed E-state index contributed by atoms with van der Waals surface area (Å²) in [5, 5.41) is 13.5. The number of carbonyl (C=O) groups is 2. The third kappa shape index (κ3) is 5.14. The molecule has 142 valence electrons. The number of hydrogen-bond donors (Lipinski definition) is 1. The number of rotatable bonds is 6. The number of ether oxygens (including phenoxy) is 1. The van der Waals surface area contributed by atoms with Gasteiger partial charge in [0.15, 0.2) is 6.61 Å². The van der Waals surface area contributed by atoms with Crippen LogP contribution >= 0.6 is 11.6 Å². The molecular weight excluding hydrogens is 381 g/mol. The number of amides is 1. The van der Waals surface area contributed by atoms with Gasteiger partial charge in [-0.1, -0.05) is 11.6 Å². The second-order valence-electron chi connectivity index (χ2n) is 5.60. The van der Waals surface area contributed by atoms with Crippen LogP contribution in [0.25, 0.3) is 0 Å². The third-order valence-electron chi connectivity index (χ3n) is 3.43. The van der Waals surface area contributed by atoms with Crippen molar-refractivity contribution < 1.29 is 23.6 Å². The van der Waals surface area contributed by atoms with Crippen LogP contribution in [0.3, 0.4) is 0 Å². The number of nitrogens with zero attached hydrogens (tertiary/aromatic N) is 2. The van der Waals surface area contributed by atoms with E-state index in [-0.39, 0.29) is 22.0 Å². The number of nitrogens with one attached hydrogen (secondary N) is 1. The fourth-order valence-electron chi connectivity index (χ4n) is 2.17. The average Bonchev–Trinajstić information content (AvgIpc) is 2.61. The molecular formula is C17H15ClFN3O5. The highest BCUT2D eigenvalue weighted by molar-refractivity contribution is 6.30. The van der Waals surface area contributed by atoms with Crippen LogP contribution in [0.2, 0.25) is 5.02 Å². The number of hydrogen-bond acceptors (Lipinski definition) is 6. The second-order valence-corrected chi connectivity index (χ2v) is 6.04. The van der Waals surface area contributed by atoms with Gasteiger partial charge in [0.2, 0.25) is 0 Å². The Bertz CT molecular complexity index is 904. The van der Waals surface area contributed by atoms with E-state index < -0.39 is 29.2 Å². The Balaban J connectivity index is 2.03. The minimum Gasteiger partial charge on any atom is -0.452 e. The summed E-state index contributed by atoms with van der Waals surface area (Å²) in [6, 6.07) is 7.49. The highest BCUT2D eigenvalue weighted by Gasteiger charge is 2.20. The van der Waals surface area contributed by atoms with Crippen molar-refractivity contribution in [2.24, 2.45) is 0 Å². The molecule has 0 radical (unpaired) electrons. The maximum atomic E-state index is 13.6. The van der Waals surface area contributed by atoms with Crippen LogP contribution in [0.1, 0.15) is 10.4 Å². The molecule has 0 aliphatic rings. The van der Waals surface area contributed by atoms with Crippen molar-refractivity contribution >= 4 is 40.5 Å². The van der Waals surface area contributed by atoms with E-state index in [9.17, 15) is 24.1 Å². The topological polar surface area (TPSA) is 102 Å². The lowest BCUT2D eigenvalue weighted by Gasteiger charge is -2.13. The number of benzene rings is 2. The number of nitro groups is 1. The number of carbonyl (C=O) groups excluding carboxylic acids is 2. The first-order chi connectivity index (χ1) is 12.7. The molecule has 0 saturated heterocycles. The molecule has 27 heavy (non-hydrogen) atoms. The highest BCUT2D eigenvalue weighted by atomic mass is 35.5. The summed E-state index contributed by atoms with van der Waals surface area (Å²) in [5.74, 6) is -2.43. The van der Waals surface area contributed by atoms with Gasteiger partial charge in [0.05, 0.1) is 16.2 Å². The van der Waals surface area contributed by atoms with Gasteiger partial charge in [-0.15, -0.1) is 0 Å². The summed E-state index contributed by atoms with van der Waals surface area (Å²) in [6.45, 7) is -0.690. The van der Waals surface area contributed by atoms with Crippen molar-refractivity contribution in [1.82, 2.24) is 0 Å². The largest absolute Gasteiger partial charge is 0.452 e. The molecule has 0 fully saturated rings. The maximum absolute atomic E-state index is 13.6. The molecule has 10 heteroatoms. The Hall–Kier alpha value is -3.20. The second kappa shape index (κ2) is 8.45. The third-order valence-corrected chi connectivity index (χ3v) is 3.66. The van der Waals surface area contributed by atoms with E-state index in [2.05, 4.69) is 5.32 Å². The minimum atomic E-state index is -0.921. The van der Waals surface area contributed by atoms with Crippen molar-refractivity contribution in [3.05, 3.63) is 62.9 Å². The van der Waals surface area contributed by atoms with Crippen LogP contribution in [-0.2, 0) is 9.53 Å². The Labute approximate surface area is 158 Å². The van der Waals surface area contributed by atoms with E-state index in [4.69, 9.17) is 16.3 Å². The van der Waals surface area contributed by atoms with E-state index in [1.165, 1.54) is 29.2 Å². The quantitative estimate of drug-likeness (QED) is 0.457. The zero-order chi connectivity index (χ0) is 20.1. The number of esters is 1. The van der Waals surface area contributed by atoms with E-state index in [0.717, 1.165) is 12.1 Å². The Morgan fingerprint density at radius 3 is 2.56 bits per heavy atom. The van der Waals surface area contributed by atoms with Crippen LogP contribution < -0.4 is 10.2 Å². The molecule has 2 aromatic carbocycles. The van der Waals surface area contributed by atoms with Gasteiger partial charge in [0, 0.05) is 25.2 Å². The number of halogens is 2. The first kappa shape index (κ1) is 20.1. The van der Waals surface area contributed by atoms with Crippen LogP contribution in [0, 0.1) is 15.9 Å². The maximum Gasteiger partial charge on any atom is 0.338 e. The minimum absolute atomic E-state index is 0.0854. The summed E-state index contributed by atoms with van der Waals surface area (Å²) in [5.41, 5.74) is -0.168. The van der Waals surface area contributed by atoms with E-state index in [0.29, 0.717) is 5.69 Å². The standard InChI is InChI=1S/C17H15ClFN3O5/c1-21(2)14-6-3-10(7-15(14)22(25)26)17(24)27-9-16(23)20-13-5-4-11(18)8-12(13)19/h3-8H,9H2,1-2H3,(H,20,23). The van der Waals surface area contributed by atoms with Crippen molar-refractivity contribution in [2.45, 2.75) is 0 Å². The van der Waals surface area contributed by atoms with Gasteiger partial charge in [-0.2, -0.15) is 0 Å². The average molecular weight is 396 g/mol. The van der Waals surface area contributed by atoms with E-state index in [1.807, 2.05) is 0 Å². The van der Waals surface area contributed by atoms with Crippen LogP contribution in [0.5, 0.6) is 0 Å². The molecule has 0 heterocycles. The zero-order valence-corrected chi connectivity index (χ0v) is 15.1. The zero-order valence-electron chi connectivity index (χ0n) is 14.4. The molecule has 0 atom stereocenters. The molecule has 0 aliphatic heterocycles. The van der Waals surface area contributed by atoms with E-state index >= 15 is 0 Å². The molecule has 0 bridgehead atoms. The summed E-state index contributed by atoms with van der Waals surface area (Å²) in [7, 11) is 3.25. The molecule has 0 aliphatic carbocycles. The molecule has 1 amide bonds. The molecule has 0 aromatic heterocycles. The summed E-state index contributed by atoms with van der Waals surface area (Å²) < 4.78 is 18.4. The monoisotopic (exact) mass is 395 g/mol. The lowest BCUT2D eigenvalue weighted by molar-refractivity contribution is -0.384. The first-order valence-electron chi connectivity index (χ1n) is 7.57. The molecule has 2 aromatic rings. The molecule has 8 nitrogen and oxygen atoms in total. The highest BCUT2D eigenvalue weighted by Crippen LogP contribution is 2.28. The Kier molecular flexibility index (Phi) is 6.30. The smallest absolute Gasteiger partial charge is 0.338 e. The van der Waals surface area contributed by atoms with Gasteiger partial charge in [0.1, 0.15) is 11.5 Å². The predicted molar refractivity (Wildman–Crippen MR) is 97.7 cm³/mol. The molecule has 2 rings (SSSR count). The lowest BCUT2D eigenvalue weighted by Crippen LogP contribution is -2.21. The number of anilines is 2. The van der Waals surface area contributed by atoms with Crippen molar-refractivity contribution in [3.8, 4) is 0 Å². The van der Waals surface area contributed by atoms with Gasteiger partial charge >= 0.3 is 5.97 Å². The molecule has 0 unspecified atom stereocenters. The molecule has 0 spiro atoms. The van der Waals surface area contributed by atoms with Gasteiger partial charge in [-0.3, -0.25) is 14.9 Å². The van der Waals surface area contributed by atoms with Crippen molar-refractivity contribution in [1.29, 1.82) is 0 Å². The lowest BCUT2D eigenvalue weighted by atomic mass is 10.1. The SMILES string of the molecule is CN(C)c1ccc(C(=O)OCC(=O)Nc2ccc(Cl)cc2F)cc1[N+](=O)[O-].